The molecule has 0 aromatic carbocycles. The van der Waals surface area contributed by atoms with Crippen LogP contribution >= 0.6 is 0 Å². The molecule has 1 rings (SSSR count). The first-order valence-corrected chi connectivity index (χ1v) is 7.41. The summed E-state index contributed by atoms with van der Waals surface area (Å²) in [6.07, 6.45) is 2.64. The second-order valence-electron chi connectivity index (χ2n) is 4.21. The molecule has 1 fully saturated rings. The van der Waals surface area contributed by atoms with Gasteiger partial charge in [0, 0.05) is 20.2 Å². The van der Waals surface area contributed by atoms with Crippen LogP contribution in [0.15, 0.2) is 0 Å². The molecule has 8 heteroatoms. The SMILES string of the molecule is COCCNS(=O)(=O)N1CCCCCC1C(=O)O. The van der Waals surface area contributed by atoms with E-state index in [0.29, 0.717) is 12.8 Å². The minimum absolute atomic E-state index is 0.141. The van der Waals surface area contributed by atoms with Gasteiger partial charge in [0.25, 0.3) is 10.2 Å². The summed E-state index contributed by atoms with van der Waals surface area (Å²) in [5, 5.41) is 9.11. The lowest BCUT2D eigenvalue weighted by Crippen LogP contribution is -2.50. The van der Waals surface area contributed by atoms with Crippen LogP contribution in [-0.4, -0.2) is 56.6 Å². The number of hydrogen-bond acceptors (Lipinski definition) is 4. The molecule has 0 aromatic rings. The third-order valence-electron chi connectivity index (χ3n) is 2.89. The monoisotopic (exact) mass is 280 g/mol. The topological polar surface area (TPSA) is 95.9 Å². The minimum atomic E-state index is -3.75. The van der Waals surface area contributed by atoms with Gasteiger partial charge in [-0.05, 0) is 12.8 Å². The maximum absolute atomic E-state index is 12.0. The van der Waals surface area contributed by atoms with Gasteiger partial charge in [-0.2, -0.15) is 17.4 Å². The number of aliphatic carboxylic acids is 1. The summed E-state index contributed by atoms with van der Waals surface area (Å²) >= 11 is 0. The van der Waals surface area contributed by atoms with Crippen LogP contribution in [0, 0.1) is 0 Å². The van der Waals surface area contributed by atoms with E-state index in [1.54, 1.807) is 0 Å². The van der Waals surface area contributed by atoms with Crippen LogP contribution in [0.5, 0.6) is 0 Å². The highest BCUT2D eigenvalue weighted by Crippen LogP contribution is 2.19. The summed E-state index contributed by atoms with van der Waals surface area (Å²) in [4.78, 5) is 11.1. The molecule has 18 heavy (non-hydrogen) atoms. The summed E-state index contributed by atoms with van der Waals surface area (Å²) < 4.78 is 32.2. The number of nitrogens with one attached hydrogen (secondary N) is 1. The van der Waals surface area contributed by atoms with Gasteiger partial charge >= 0.3 is 5.97 Å². The normalized spacial score (nSPS) is 22.6. The van der Waals surface area contributed by atoms with Gasteiger partial charge < -0.3 is 9.84 Å². The fourth-order valence-electron chi connectivity index (χ4n) is 1.97. The molecule has 0 spiro atoms. The van der Waals surface area contributed by atoms with E-state index >= 15 is 0 Å². The Morgan fingerprint density at radius 1 is 1.44 bits per heavy atom. The second-order valence-corrected chi connectivity index (χ2v) is 5.91. The third-order valence-corrected chi connectivity index (χ3v) is 4.51. The molecule has 106 valence electrons. The molecular formula is C10H20N2O5S. The number of carboxylic acids is 1. The Bertz CT molecular complexity index is 370. The lowest BCUT2D eigenvalue weighted by molar-refractivity contribution is -0.141. The lowest BCUT2D eigenvalue weighted by atomic mass is 10.1. The second kappa shape index (κ2) is 7.03. The molecule has 0 radical (unpaired) electrons. The number of rotatable bonds is 6. The number of ether oxygens (including phenoxy) is 1. The predicted octanol–water partition coefficient (Wildman–Crippen LogP) is -0.204. The number of methoxy groups -OCH3 is 1. The van der Waals surface area contributed by atoms with Crippen molar-refractivity contribution < 1.29 is 23.1 Å². The van der Waals surface area contributed by atoms with Crippen LogP contribution in [0.1, 0.15) is 25.7 Å². The quantitative estimate of drug-likeness (QED) is 0.657. The fraction of sp³-hybridized carbons (Fsp3) is 0.900. The largest absolute Gasteiger partial charge is 0.480 e. The molecular weight excluding hydrogens is 260 g/mol. The van der Waals surface area contributed by atoms with Crippen molar-refractivity contribution in [1.29, 1.82) is 0 Å². The molecule has 0 bridgehead atoms. The molecule has 7 nitrogen and oxygen atoms in total. The van der Waals surface area contributed by atoms with Gasteiger partial charge in [-0.25, -0.2) is 0 Å². The number of carboxylic acid groups (broad SMARTS) is 1. The average Bonchev–Trinajstić information content (AvgIpc) is 2.54. The van der Waals surface area contributed by atoms with E-state index in [4.69, 9.17) is 9.84 Å². The summed E-state index contributed by atoms with van der Waals surface area (Å²) in [6, 6.07) is -0.965. The first-order chi connectivity index (χ1) is 8.49. The Morgan fingerprint density at radius 2 is 2.17 bits per heavy atom. The standard InChI is InChI=1S/C10H20N2O5S/c1-17-8-6-11-18(15,16)12-7-4-2-3-5-9(12)10(13)14/h9,11H,2-8H2,1H3,(H,13,14). The van der Waals surface area contributed by atoms with Crippen LogP contribution in [0.3, 0.4) is 0 Å². The first kappa shape index (κ1) is 15.4. The van der Waals surface area contributed by atoms with Gasteiger partial charge in [0.2, 0.25) is 0 Å². The van der Waals surface area contributed by atoms with Crippen LogP contribution in [-0.2, 0) is 19.7 Å². The van der Waals surface area contributed by atoms with Crippen LogP contribution in [0.4, 0.5) is 0 Å². The van der Waals surface area contributed by atoms with E-state index in [2.05, 4.69) is 4.72 Å². The molecule has 0 aliphatic carbocycles. The molecule has 0 aromatic heterocycles. The van der Waals surface area contributed by atoms with E-state index < -0.39 is 22.2 Å². The molecule has 0 saturated carbocycles. The van der Waals surface area contributed by atoms with Gasteiger partial charge in [-0.15, -0.1) is 0 Å². The van der Waals surface area contributed by atoms with Gasteiger partial charge in [0.05, 0.1) is 6.61 Å². The highest BCUT2D eigenvalue weighted by Gasteiger charge is 2.35. The highest BCUT2D eigenvalue weighted by atomic mass is 32.2. The molecule has 1 unspecified atom stereocenters. The molecule has 1 aliphatic heterocycles. The van der Waals surface area contributed by atoms with Crippen LogP contribution in [0.2, 0.25) is 0 Å². The molecule has 1 heterocycles. The van der Waals surface area contributed by atoms with Crippen molar-refractivity contribution in [3.05, 3.63) is 0 Å². The zero-order chi connectivity index (χ0) is 13.6. The fourth-order valence-corrected chi connectivity index (χ4v) is 3.38. The van der Waals surface area contributed by atoms with Crippen LogP contribution < -0.4 is 4.72 Å². The number of carbonyl (C=O) groups is 1. The Hall–Kier alpha value is -0.700. The van der Waals surface area contributed by atoms with E-state index in [0.717, 1.165) is 17.1 Å². The molecule has 2 N–H and O–H groups in total. The Balaban J connectivity index is 2.77. The van der Waals surface area contributed by atoms with Crippen molar-refractivity contribution >= 4 is 16.2 Å². The van der Waals surface area contributed by atoms with E-state index in [1.807, 2.05) is 0 Å². The zero-order valence-corrected chi connectivity index (χ0v) is 11.3. The molecule has 1 saturated heterocycles. The van der Waals surface area contributed by atoms with Gasteiger partial charge in [0.1, 0.15) is 6.04 Å². The van der Waals surface area contributed by atoms with E-state index in [9.17, 15) is 13.2 Å². The van der Waals surface area contributed by atoms with Crippen LogP contribution in [0.25, 0.3) is 0 Å². The van der Waals surface area contributed by atoms with Crippen molar-refractivity contribution in [3.63, 3.8) is 0 Å². The Kier molecular flexibility index (Phi) is 6.00. The summed E-state index contributed by atoms with van der Waals surface area (Å²) in [6.45, 7) is 0.645. The van der Waals surface area contributed by atoms with Crippen molar-refractivity contribution in [1.82, 2.24) is 9.03 Å². The molecule has 0 amide bonds. The lowest BCUT2D eigenvalue weighted by Gasteiger charge is -2.26. The third kappa shape index (κ3) is 4.20. The average molecular weight is 280 g/mol. The van der Waals surface area contributed by atoms with Gasteiger partial charge in [-0.3, -0.25) is 4.79 Å². The zero-order valence-electron chi connectivity index (χ0n) is 10.5. The maximum Gasteiger partial charge on any atom is 0.322 e. The van der Waals surface area contributed by atoms with Gasteiger partial charge in [-0.1, -0.05) is 12.8 Å². The summed E-state index contributed by atoms with van der Waals surface area (Å²) in [5.74, 6) is -1.09. The number of hydrogen-bond donors (Lipinski definition) is 2. The van der Waals surface area contributed by atoms with E-state index in [1.165, 1.54) is 7.11 Å². The Labute approximate surface area is 107 Å². The van der Waals surface area contributed by atoms with Crippen molar-refractivity contribution in [2.75, 3.05) is 26.8 Å². The van der Waals surface area contributed by atoms with Gasteiger partial charge in [0.15, 0.2) is 0 Å². The summed E-state index contributed by atoms with van der Waals surface area (Å²) in [7, 11) is -2.28. The predicted molar refractivity (Wildman–Crippen MR) is 65.4 cm³/mol. The summed E-state index contributed by atoms with van der Waals surface area (Å²) in [5.41, 5.74) is 0. The minimum Gasteiger partial charge on any atom is -0.480 e. The highest BCUT2D eigenvalue weighted by molar-refractivity contribution is 7.87. The molecule has 1 atom stereocenters. The first-order valence-electron chi connectivity index (χ1n) is 5.97. The van der Waals surface area contributed by atoms with E-state index in [-0.39, 0.29) is 19.7 Å². The Morgan fingerprint density at radius 3 is 2.78 bits per heavy atom. The van der Waals surface area contributed by atoms with Crippen molar-refractivity contribution in [3.8, 4) is 0 Å². The number of nitrogens with zero attached hydrogens (tertiary/aromatic N) is 1. The molecule has 1 aliphatic rings. The maximum atomic E-state index is 12.0. The van der Waals surface area contributed by atoms with Crippen molar-refractivity contribution in [2.45, 2.75) is 31.7 Å². The van der Waals surface area contributed by atoms with Crippen molar-refractivity contribution in [2.24, 2.45) is 0 Å². The smallest absolute Gasteiger partial charge is 0.322 e.